The van der Waals surface area contributed by atoms with Gasteiger partial charge in [-0.1, -0.05) is 17.7 Å². The van der Waals surface area contributed by atoms with Crippen molar-refractivity contribution in [2.24, 2.45) is 4.99 Å². The fraction of sp³-hybridized carbons (Fsp3) is 0.545. The lowest BCUT2D eigenvalue weighted by Gasteiger charge is -2.37. The van der Waals surface area contributed by atoms with Gasteiger partial charge in [-0.25, -0.2) is 9.80 Å². The van der Waals surface area contributed by atoms with Crippen molar-refractivity contribution >= 4 is 29.4 Å². The first kappa shape index (κ1) is 22.6. The number of aryl methyl sites for hydroxylation is 1. The highest BCUT2D eigenvalue weighted by Crippen LogP contribution is 2.19. The van der Waals surface area contributed by atoms with Gasteiger partial charge in [0.15, 0.2) is 0 Å². The number of rotatable bonds is 4. The molecule has 2 N–H and O–H groups in total. The van der Waals surface area contributed by atoms with E-state index in [9.17, 15) is 14.4 Å². The molecule has 1 unspecified atom stereocenters. The van der Waals surface area contributed by atoms with Crippen molar-refractivity contribution in [1.82, 2.24) is 15.6 Å². The number of hydrazine groups is 1. The molecule has 1 aromatic carbocycles. The number of anilines is 1. The molecule has 2 aliphatic heterocycles. The van der Waals surface area contributed by atoms with E-state index < -0.39 is 11.7 Å². The summed E-state index contributed by atoms with van der Waals surface area (Å²) in [7, 11) is 0. The average Bonchev–Trinajstić information content (AvgIpc) is 2.72. The van der Waals surface area contributed by atoms with Crippen LogP contribution in [0.4, 0.5) is 10.5 Å². The van der Waals surface area contributed by atoms with Gasteiger partial charge >= 0.3 is 6.09 Å². The summed E-state index contributed by atoms with van der Waals surface area (Å²) in [6.45, 7) is 8.14. The van der Waals surface area contributed by atoms with Gasteiger partial charge in [0.05, 0.1) is 5.69 Å². The molecule has 0 bridgehead atoms. The fourth-order valence-corrected chi connectivity index (χ4v) is 3.57. The van der Waals surface area contributed by atoms with E-state index in [1.165, 1.54) is 5.01 Å². The minimum Gasteiger partial charge on any atom is -0.444 e. The highest BCUT2D eigenvalue weighted by Gasteiger charge is 2.33. The quantitative estimate of drug-likeness (QED) is 0.763. The number of aliphatic imine (C=N–C) groups is 1. The second kappa shape index (κ2) is 9.36. The normalized spacial score (nSPS) is 19.4. The zero-order valence-electron chi connectivity index (χ0n) is 18.6. The average molecular weight is 430 g/mol. The van der Waals surface area contributed by atoms with E-state index in [0.29, 0.717) is 18.8 Å². The van der Waals surface area contributed by atoms with E-state index in [0.717, 1.165) is 24.8 Å². The molecule has 0 saturated carbocycles. The monoisotopic (exact) mass is 429 g/mol. The molecular formula is C22H31N5O4. The Labute approximate surface area is 182 Å². The Kier molecular flexibility index (Phi) is 6.82. The number of piperidine rings is 1. The number of benzene rings is 1. The van der Waals surface area contributed by atoms with Crippen molar-refractivity contribution < 1.29 is 19.1 Å². The largest absolute Gasteiger partial charge is 0.444 e. The summed E-state index contributed by atoms with van der Waals surface area (Å²) in [4.78, 5) is 43.5. The predicted molar refractivity (Wildman–Crippen MR) is 118 cm³/mol. The Bertz CT molecular complexity index is 860. The highest BCUT2D eigenvalue weighted by atomic mass is 16.6. The number of hydrogen-bond donors (Lipinski definition) is 2. The minimum absolute atomic E-state index is 0.101. The number of likely N-dealkylation sites (tertiary alicyclic amines) is 1. The summed E-state index contributed by atoms with van der Waals surface area (Å²) >= 11 is 0. The standard InChI is InChI=1S/C22H31N5O4/c1-15-8-10-16(11-9-15)27-18(28)14-23-19(25-27)20(29)26-12-6-5-7-17(26)13-24-21(30)31-22(2,3)4/h8-11,17H,5-7,12-14H2,1-4H3,(H,23,25)(H,24,30). The molecule has 0 radical (unpaired) electrons. The lowest BCUT2D eigenvalue weighted by molar-refractivity contribution is -0.127. The van der Waals surface area contributed by atoms with Crippen molar-refractivity contribution in [3.05, 3.63) is 29.8 Å². The number of amidine groups is 1. The van der Waals surface area contributed by atoms with Crippen molar-refractivity contribution in [3.63, 3.8) is 0 Å². The maximum absolute atomic E-state index is 13.2. The first-order valence-corrected chi connectivity index (χ1v) is 10.6. The van der Waals surface area contributed by atoms with Gasteiger partial charge in [0.2, 0.25) is 5.84 Å². The van der Waals surface area contributed by atoms with Crippen molar-refractivity contribution in [2.45, 2.75) is 58.6 Å². The summed E-state index contributed by atoms with van der Waals surface area (Å²) in [5.41, 5.74) is 4.02. The highest BCUT2D eigenvalue weighted by molar-refractivity contribution is 6.39. The first-order valence-electron chi connectivity index (χ1n) is 10.6. The first-order chi connectivity index (χ1) is 14.6. The smallest absolute Gasteiger partial charge is 0.407 e. The number of amides is 3. The lowest BCUT2D eigenvalue weighted by Crippen LogP contribution is -2.59. The Balaban J connectivity index is 1.67. The molecule has 9 heteroatoms. The zero-order chi connectivity index (χ0) is 22.6. The second-order valence-electron chi connectivity index (χ2n) is 8.87. The van der Waals surface area contributed by atoms with Crippen LogP contribution in [-0.2, 0) is 14.3 Å². The number of carbonyl (C=O) groups excluding carboxylic acids is 3. The molecule has 9 nitrogen and oxygen atoms in total. The van der Waals surface area contributed by atoms with Gasteiger partial charge in [0.1, 0.15) is 12.1 Å². The van der Waals surface area contributed by atoms with Crippen LogP contribution in [0.1, 0.15) is 45.6 Å². The van der Waals surface area contributed by atoms with Gasteiger partial charge < -0.3 is 15.0 Å². The molecule has 1 saturated heterocycles. The van der Waals surface area contributed by atoms with E-state index >= 15 is 0 Å². The van der Waals surface area contributed by atoms with E-state index in [2.05, 4.69) is 15.7 Å². The van der Waals surface area contributed by atoms with Crippen molar-refractivity contribution in [1.29, 1.82) is 0 Å². The molecule has 168 valence electrons. The molecule has 31 heavy (non-hydrogen) atoms. The molecular weight excluding hydrogens is 398 g/mol. The van der Waals surface area contributed by atoms with Crippen LogP contribution in [0.2, 0.25) is 0 Å². The van der Waals surface area contributed by atoms with Gasteiger partial charge in [-0.2, -0.15) is 0 Å². The van der Waals surface area contributed by atoms with E-state index in [4.69, 9.17) is 4.74 Å². The molecule has 0 spiro atoms. The third-order valence-corrected chi connectivity index (χ3v) is 5.10. The van der Waals surface area contributed by atoms with Crippen molar-refractivity contribution in [3.8, 4) is 0 Å². The topological polar surface area (TPSA) is 103 Å². The summed E-state index contributed by atoms with van der Waals surface area (Å²) in [5, 5.41) is 4.12. The molecule has 2 aliphatic rings. The molecule has 0 aliphatic carbocycles. The Morgan fingerprint density at radius 1 is 1.23 bits per heavy atom. The molecule has 1 atom stereocenters. The van der Waals surface area contributed by atoms with Crippen LogP contribution in [0.5, 0.6) is 0 Å². The maximum atomic E-state index is 13.2. The molecule has 1 fully saturated rings. The van der Waals surface area contributed by atoms with Gasteiger partial charge in [0, 0.05) is 19.1 Å². The third kappa shape index (κ3) is 5.96. The SMILES string of the molecule is Cc1ccc(N2NC(C(=O)N3CCCCC3CNC(=O)OC(C)(C)C)=NCC2=O)cc1. The van der Waals surface area contributed by atoms with E-state index in [-0.39, 0.29) is 30.2 Å². The van der Waals surface area contributed by atoms with Gasteiger partial charge in [0.25, 0.3) is 11.8 Å². The molecule has 0 aromatic heterocycles. The van der Waals surface area contributed by atoms with Crippen LogP contribution in [0, 0.1) is 6.92 Å². The van der Waals surface area contributed by atoms with Crippen LogP contribution in [0.15, 0.2) is 29.3 Å². The Morgan fingerprint density at radius 3 is 2.61 bits per heavy atom. The lowest BCUT2D eigenvalue weighted by atomic mass is 10.0. The second-order valence-corrected chi connectivity index (χ2v) is 8.87. The molecule has 3 rings (SSSR count). The number of hydrogen-bond acceptors (Lipinski definition) is 6. The van der Waals surface area contributed by atoms with Crippen LogP contribution in [0.25, 0.3) is 0 Å². The molecule has 3 amide bonds. The van der Waals surface area contributed by atoms with Crippen LogP contribution in [0.3, 0.4) is 0 Å². The number of alkyl carbamates (subject to hydrolysis) is 1. The Hall–Kier alpha value is -3.10. The van der Waals surface area contributed by atoms with Crippen LogP contribution in [-0.4, -0.2) is 59.9 Å². The zero-order valence-corrected chi connectivity index (χ0v) is 18.6. The van der Waals surface area contributed by atoms with E-state index in [1.54, 1.807) is 25.7 Å². The van der Waals surface area contributed by atoms with Crippen LogP contribution < -0.4 is 15.8 Å². The number of nitrogens with zero attached hydrogens (tertiary/aromatic N) is 3. The minimum atomic E-state index is -0.584. The number of ether oxygens (including phenoxy) is 1. The Morgan fingerprint density at radius 2 is 1.94 bits per heavy atom. The van der Waals surface area contributed by atoms with Crippen LogP contribution >= 0.6 is 0 Å². The summed E-state index contributed by atoms with van der Waals surface area (Å²) in [6, 6.07) is 7.29. The summed E-state index contributed by atoms with van der Waals surface area (Å²) < 4.78 is 5.29. The van der Waals surface area contributed by atoms with Gasteiger partial charge in [-0.3, -0.25) is 20.0 Å². The van der Waals surface area contributed by atoms with Gasteiger partial charge in [-0.15, -0.1) is 0 Å². The fourth-order valence-electron chi connectivity index (χ4n) is 3.57. The maximum Gasteiger partial charge on any atom is 0.407 e. The third-order valence-electron chi connectivity index (χ3n) is 5.10. The molecule has 1 aromatic rings. The number of carbonyl (C=O) groups is 3. The molecule has 2 heterocycles. The summed E-state index contributed by atoms with van der Waals surface area (Å²) in [6.07, 6.45) is 2.12. The number of nitrogens with one attached hydrogen (secondary N) is 2. The summed E-state index contributed by atoms with van der Waals surface area (Å²) in [5.74, 6) is -0.383. The predicted octanol–water partition coefficient (Wildman–Crippen LogP) is 2.15. The van der Waals surface area contributed by atoms with E-state index in [1.807, 2.05) is 31.2 Å². The van der Waals surface area contributed by atoms with Crippen molar-refractivity contribution in [2.75, 3.05) is 24.6 Å². The van der Waals surface area contributed by atoms with Gasteiger partial charge in [-0.05, 0) is 59.1 Å².